The number of hydrogen-bond acceptors (Lipinski definition) is 3. The van der Waals surface area contributed by atoms with Gasteiger partial charge in [-0.3, -0.25) is 4.79 Å². The quantitative estimate of drug-likeness (QED) is 0.867. The van der Waals surface area contributed by atoms with Crippen molar-refractivity contribution in [1.82, 2.24) is 10.2 Å². The smallest absolute Gasteiger partial charge is 0.241 e. The number of hydrogen-bond donors (Lipinski definition) is 2. The van der Waals surface area contributed by atoms with Gasteiger partial charge in [-0.15, -0.1) is 0 Å². The molecular formula is C15H23N3O. The van der Waals surface area contributed by atoms with Crippen LogP contribution in [0.5, 0.6) is 0 Å². The second-order valence-electron chi connectivity index (χ2n) is 5.32. The maximum Gasteiger partial charge on any atom is 0.241 e. The Kier molecular flexibility index (Phi) is 4.93. The summed E-state index contributed by atoms with van der Waals surface area (Å²) in [4.78, 5) is 14.4. The van der Waals surface area contributed by atoms with Gasteiger partial charge in [-0.25, -0.2) is 0 Å². The van der Waals surface area contributed by atoms with Crippen molar-refractivity contribution >= 4 is 11.6 Å². The average Bonchev–Trinajstić information content (AvgIpc) is 2.42. The molecule has 104 valence electrons. The predicted octanol–water partition coefficient (Wildman–Crippen LogP) is 1.70. The number of rotatable bonds is 4. The Labute approximate surface area is 115 Å². The highest BCUT2D eigenvalue weighted by atomic mass is 16.2. The zero-order valence-corrected chi connectivity index (χ0v) is 11.7. The van der Waals surface area contributed by atoms with Crippen molar-refractivity contribution in [1.29, 1.82) is 0 Å². The zero-order valence-electron chi connectivity index (χ0n) is 11.7. The second-order valence-corrected chi connectivity index (χ2v) is 5.32. The van der Waals surface area contributed by atoms with E-state index in [9.17, 15) is 4.79 Å². The predicted molar refractivity (Wildman–Crippen MR) is 78.2 cm³/mol. The van der Waals surface area contributed by atoms with E-state index in [4.69, 9.17) is 0 Å². The molecule has 1 unspecified atom stereocenters. The van der Waals surface area contributed by atoms with Crippen molar-refractivity contribution in [2.75, 3.05) is 25.5 Å². The summed E-state index contributed by atoms with van der Waals surface area (Å²) in [6.45, 7) is 4.13. The van der Waals surface area contributed by atoms with E-state index < -0.39 is 0 Å². The van der Waals surface area contributed by atoms with E-state index in [1.165, 1.54) is 0 Å². The Morgan fingerprint density at radius 1 is 1.26 bits per heavy atom. The number of nitrogens with zero attached hydrogens (tertiary/aromatic N) is 1. The topological polar surface area (TPSA) is 44.4 Å². The van der Waals surface area contributed by atoms with E-state index in [1.807, 2.05) is 37.3 Å². The third-order valence-corrected chi connectivity index (χ3v) is 3.64. The monoisotopic (exact) mass is 261 g/mol. The van der Waals surface area contributed by atoms with Gasteiger partial charge >= 0.3 is 0 Å². The summed E-state index contributed by atoms with van der Waals surface area (Å²) in [6, 6.07) is 9.88. The maximum atomic E-state index is 12.1. The number of nitrogens with one attached hydrogen (secondary N) is 2. The van der Waals surface area contributed by atoms with Crippen LogP contribution in [0.2, 0.25) is 0 Å². The van der Waals surface area contributed by atoms with Crippen molar-refractivity contribution in [2.45, 2.75) is 31.8 Å². The molecule has 0 aliphatic carbocycles. The van der Waals surface area contributed by atoms with Crippen molar-refractivity contribution in [3.8, 4) is 0 Å². The van der Waals surface area contributed by atoms with Gasteiger partial charge < -0.3 is 15.5 Å². The SMILES string of the molecule is CC(NC1CCN(C)CC1)C(=O)Nc1ccccc1. The Morgan fingerprint density at radius 2 is 1.89 bits per heavy atom. The van der Waals surface area contributed by atoms with Gasteiger partial charge in [0.15, 0.2) is 0 Å². The molecule has 1 aromatic carbocycles. The lowest BCUT2D eigenvalue weighted by Crippen LogP contribution is -2.48. The molecule has 1 atom stereocenters. The maximum absolute atomic E-state index is 12.1. The fourth-order valence-electron chi connectivity index (χ4n) is 2.38. The molecule has 19 heavy (non-hydrogen) atoms. The largest absolute Gasteiger partial charge is 0.325 e. The molecule has 4 nitrogen and oxygen atoms in total. The van der Waals surface area contributed by atoms with Crippen molar-refractivity contribution in [3.05, 3.63) is 30.3 Å². The lowest BCUT2D eigenvalue weighted by Gasteiger charge is -2.31. The van der Waals surface area contributed by atoms with E-state index in [0.29, 0.717) is 6.04 Å². The second kappa shape index (κ2) is 6.68. The highest BCUT2D eigenvalue weighted by Gasteiger charge is 2.21. The first-order valence-corrected chi connectivity index (χ1v) is 6.95. The lowest BCUT2D eigenvalue weighted by atomic mass is 10.0. The number of benzene rings is 1. The molecular weight excluding hydrogens is 238 g/mol. The lowest BCUT2D eigenvalue weighted by molar-refractivity contribution is -0.118. The first-order chi connectivity index (χ1) is 9.15. The van der Waals surface area contributed by atoms with Crippen molar-refractivity contribution in [2.24, 2.45) is 0 Å². The van der Waals surface area contributed by atoms with Gasteiger partial charge in [0.05, 0.1) is 6.04 Å². The Hall–Kier alpha value is -1.39. The third-order valence-electron chi connectivity index (χ3n) is 3.64. The summed E-state index contributed by atoms with van der Waals surface area (Å²) >= 11 is 0. The summed E-state index contributed by atoms with van der Waals surface area (Å²) < 4.78 is 0. The molecule has 1 amide bonds. The first kappa shape index (κ1) is 14.0. The van der Waals surface area contributed by atoms with Gasteiger partial charge in [0.2, 0.25) is 5.91 Å². The van der Waals surface area contributed by atoms with Crippen molar-refractivity contribution in [3.63, 3.8) is 0 Å². The van der Waals surface area contributed by atoms with Crippen LogP contribution in [0.25, 0.3) is 0 Å². The molecule has 2 N–H and O–H groups in total. The Balaban J connectivity index is 1.79. The van der Waals surface area contributed by atoms with Crippen LogP contribution in [-0.4, -0.2) is 43.0 Å². The summed E-state index contributed by atoms with van der Waals surface area (Å²) in [5.74, 6) is 0.0325. The van der Waals surface area contributed by atoms with Crippen LogP contribution in [0.4, 0.5) is 5.69 Å². The highest BCUT2D eigenvalue weighted by Crippen LogP contribution is 2.10. The number of amides is 1. The minimum atomic E-state index is -0.159. The summed E-state index contributed by atoms with van der Waals surface area (Å²) in [7, 11) is 2.14. The van der Waals surface area contributed by atoms with Crippen LogP contribution in [0, 0.1) is 0 Å². The number of anilines is 1. The number of likely N-dealkylation sites (tertiary alicyclic amines) is 1. The molecule has 0 aromatic heterocycles. The molecule has 0 radical (unpaired) electrons. The number of carbonyl (C=O) groups excluding carboxylic acids is 1. The molecule has 1 aliphatic rings. The minimum Gasteiger partial charge on any atom is -0.325 e. The van der Waals surface area contributed by atoms with E-state index in [-0.39, 0.29) is 11.9 Å². The molecule has 1 heterocycles. The molecule has 0 spiro atoms. The van der Waals surface area contributed by atoms with E-state index in [0.717, 1.165) is 31.6 Å². The molecule has 2 rings (SSSR count). The third kappa shape index (κ3) is 4.33. The van der Waals surface area contributed by atoms with Gasteiger partial charge in [0.1, 0.15) is 0 Å². The first-order valence-electron chi connectivity index (χ1n) is 6.95. The summed E-state index contributed by atoms with van der Waals surface area (Å²) in [6.07, 6.45) is 2.22. The molecule has 1 fully saturated rings. The summed E-state index contributed by atoms with van der Waals surface area (Å²) in [5.41, 5.74) is 0.851. The standard InChI is InChI=1S/C15H23N3O/c1-12(16-14-8-10-18(2)11-9-14)15(19)17-13-6-4-3-5-7-13/h3-7,12,14,16H,8-11H2,1-2H3,(H,17,19). The Bertz CT molecular complexity index is 399. The molecule has 4 heteroatoms. The summed E-state index contributed by atoms with van der Waals surface area (Å²) in [5, 5.41) is 6.35. The van der Waals surface area contributed by atoms with E-state index in [2.05, 4.69) is 22.6 Å². The highest BCUT2D eigenvalue weighted by molar-refractivity contribution is 5.94. The van der Waals surface area contributed by atoms with Crippen molar-refractivity contribution < 1.29 is 4.79 Å². The molecule has 0 bridgehead atoms. The van der Waals surface area contributed by atoms with Crippen LogP contribution in [0.1, 0.15) is 19.8 Å². The van der Waals surface area contributed by atoms with Gasteiger partial charge in [0, 0.05) is 11.7 Å². The van der Waals surface area contributed by atoms with Crippen LogP contribution in [0.15, 0.2) is 30.3 Å². The van der Waals surface area contributed by atoms with Gasteiger partial charge in [-0.2, -0.15) is 0 Å². The van der Waals surface area contributed by atoms with Crippen LogP contribution < -0.4 is 10.6 Å². The fraction of sp³-hybridized carbons (Fsp3) is 0.533. The average molecular weight is 261 g/mol. The number of piperidine rings is 1. The fourth-order valence-corrected chi connectivity index (χ4v) is 2.38. The van der Waals surface area contributed by atoms with E-state index >= 15 is 0 Å². The minimum absolute atomic E-state index is 0.0325. The Morgan fingerprint density at radius 3 is 2.53 bits per heavy atom. The molecule has 1 aliphatic heterocycles. The van der Waals surface area contributed by atoms with Crippen LogP contribution in [-0.2, 0) is 4.79 Å². The van der Waals surface area contributed by atoms with Gasteiger partial charge in [0.25, 0.3) is 0 Å². The van der Waals surface area contributed by atoms with E-state index in [1.54, 1.807) is 0 Å². The number of para-hydroxylation sites is 1. The van der Waals surface area contributed by atoms with Gasteiger partial charge in [-0.05, 0) is 52.0 Å². The molecule has 0 saturated carbocycles. The van der Waals surface area contributed by atoms with Crippen LogP contribution in [0.3, 0.4) is 0 Å². The zero-order chi connectivity index (χ0) is 13.7. The van der Waals surface area contributed by atoms with Crippen LogP contribution >= 0.6 is 0 Å². The van der Waals surface area contributed by atoms with Gasteiger partial charge in [-0.1, -0.05) is 18.2 Å². The molecule has 1 saturated heterocycles. The molecule has 1 aromatic rings. The number of carbonyl (C=O) groups is 1. The normalized spacial score (nSPS) is 19.1.